The van der Waals surface area contributed by atoms with E-state index in [0.29, 0.717) is 6.61 Å². The van der Waals surface area contributed by atoms with Gasteiger partial charge < -0.3 is 15.0 Å². The highest BCUT2D eigenvalue weighted by Gasteiger charge is 2.23. The molecule has 1 N–H and O–H groups in total. The number of fused-ring (bicyclic) bond motifs is 1. The monoisotopic (exact) mass is 296 g/mol. The fourth-order valence-corrected chi connectivity index (χ4v) is 2.73. The van der Waals surface area contributed by atoms with Crippen LogP contribution >= 0.6 is 0 Å². The zero-order valence-electron chi connectivity index (χ0n) is 12.7. The molecule has 0 atom stereocenters. The largest absolute Gasteiger partial charge is 0.494 e. The van der Waals surface area contributed by atoms with Crippen LogP contribution in [0, 0.1) is 0 Å². The molecule has 4 heteroatoms. The van der Waals surface area contributed by atoms with Crippen LogP contribution in [0.5, 0.6) is 5.75 Å². The molecule has 1 heterocycles. The van der Waals surface area contributed by atoms with Crippen LogP contribution in [0.1, 0.15) is 12.5 Å². The summed E-state index contributed by atoms with van der Waals surface area (Å²) in [6, 6.07) is 15.8. The Morgan fingerprint density at radius 1 is 1.23 bits per heavy atom. The first-order valence-corrected chi connectivity index (χ1v) is 7.63. The molecule has 0 bridgehead atoms. The molecule has 0 saturated heterocycles. The molecule has 0 aromatic heterocycles. The van der Waals surface area contributed by atoms with Gasteiger partial charge in [-0.25, -0.2) is 0 Å². The van der Waals surface area contributed by atoms with E-state index in [1.54, 1.807) is 0 Å². The lowest BCUT2D eigenvalue weighted by Gasteiger charge is -2.18. The van der Waals surface area contributed by atoms with Crippen LogP contribution < -0.4 is 15.0 Å². The van der Waals surface area contributed by atoms with Gasteiger partial charge in [-0.1, -0.05) is 24.3 Å². The van der Waals surface area contributed by atoms with Crippen LogP contribution in [0.25, 0.3) is 0 Å². The summed E-state index contributed by atoms with van der Waals surface area (Å²) in [6.45, 7) is 3.63. The third-order valence-electron chi connectivity index (χ3n) is 3.78. The van der Waals surface area contributed by atoms with Gasteiger partial charge in [-0.05, 0) is 37.1 Å². The molecule has 4 nitrogen and oxygen atoms in total. The predicted octanol–water partition coefficient (Wildman–Crippen LogP) is 3.09. The minimum Gasteiger partial charge on any atom is -0.494 e. The number of hydrogen-bond donors (Lipinski definition) is 1. The maximum atomic E-state index is 12.4. The van der Waals surface area contributed by atoms with Gasteiger partial charge in [-0.3, -0.25) is 4.79 Å². The predicted molar refractivity (Wildman–Crippen MR) is 88.6 cm³/mol. The van der Waals surface area contributed by atoms with Crippen molar-refractivity contribution in [2.75, 3.05) is 29.9 Å². The smallest absolute Gasteiger partial charge is 0.246 e. The van der Waals surface area contributed by atoms with Gasteiger partial charge in [0, 0.05) is 24.0 Å². The maximum Gasteiger partial charge on any atom is 0.246 e. The standard InChI is InChI=1S/C18H20N2O2/c1-2-22-16-8-5-7-15(12-16)19-13-18(21)20-11-10-14-6-3-4-9-17(14)20/h3-9,12,19H,2,10-11,13H2,1H3. The minimum atomic E-state index is 0.0896. The molecular formula is C18H20N2O2. The SMILES string of the molecule is CCOc1cccc(NCC(=O)N2CCc3ccccc32)c1. The highest BCUT2D eigenvalue weighted by Crippen LogP contribution is 2.27. The molecule has 0 spiro atoms. The van der Waals surface area contributed by atoms with Gasteiger partial charge in [0.1, 0.15) is 5.75 Å². The third-order valence-corrected chi connectivity index (χ3v) is 3.78. The molecule has 1 aliphatic rings. The van der Waals surface area contributed by atoms with Crippen molar-refractivity contribution in [3.8, 4) is 5.75 Å². The number of para-hydroxylation sites is 1. The Kier molecular flexibility index (Phi) is 4.28. The van der Waals surface area contributed by atoms with Gasteiger partial charge in [0.05, 0.1) is 13.2 Å². The summed E-state index contributed by atoms with van der Waals surface area (Å²) in [7, 11) is 0. The summed E-state index contributed by atoms with van der Waals surface area (Å²) in [4.78, 5) is 14.3. The Labute approximate surface area is 130 Å². The zero-order valence-corrected chi connectivity index (χ0v) is 12.7. The normalized spacial score (nSPS) is 12.9. The second-order valence-electron chi connectivity index (χ2n) is 5.24. The van der Waals surface area contributed by atoms with Gasteiger partial charge in [0.25, 0.3) is 0 Å². The molecule has 0 unspecified atom stereocenters. The second kappa shape index (κ2) is 6.52. The zero-order chi connectivity index (χ0) is 15.4. The summed E-state index contributed by atoms with van der Waals surface area (Å²) >= 11 is 0. The van der Waals surface area contributed by atoms with Crippen LogP contribution in [-0.2, 0) is 11.2 Å². The highest BCUT2D eigenvalue weighted by molar-refractivity contribution is 5.98. The highest BCUT2D eigenvalue weighted by atomic mass is 16.5. The summed E-state index contributed by atoms with van der Waals surface area (Å²) in [5.74, 6) is 0.901. The number of ether oxygens (including phenoxy) is 1. The van der Waals surface area contributed by atoms with Crippen molar-refractivity contribution in [2.45, 2.75) is 13.3 Å². The van der Waals surface area contributed by atoms with E-state index in [0.717, 1.165) is 30.1 Å². The Morgan fingerprint density at radius 2 is 2.09 bits per heavy atom. The molecule has 3 rings (SSSR count). The lowest BCUT2D eigenvalue weighted by molar-refractivity contribution is -0.116. The van der Waals surface area contributed by atoms with Crippen molar-refractivity contribution in [1.82, 2.24) is 0 Å². The van der Waals surface area contributed by atoms with Crippen molar-refractivity contribution in [1.29, 1.82) is 0 Å². The van der Waals surface area contributed by atoms with Gasteiger partial charge in [-0.15, -0.1) is 0 Å². The first kappa shape index (κ1) is 14.4. The van der Waals surface area contributed by atoms with Gasteiger partial charge in [0.15, 0.2) is 0 Å². The van der Waals surface area contributed by atoms with E-state index in [4.69, 9.17) is 4.74 Å². The van der Waals surface area contributed by atoms with Gasteiger partial charge in [-0.2, -0.15) is 0 Å². The Bertz CT molecular complexity index is 670. The number of nitrogens with zero attached hydrogens (tertiary/aromatic N) is 1. The van der Waals surface area contributed by atoms with E-state index in [-0.39, 0.29) is 12.5 Å². The van der Waals surface area contributed by atoms with E-state index in [1.165, 1.54) is 5.56 Å². The Hall–Kier alpha value is -2.49. The third kappa shape index (κ3) is 3.06. The fraction of sp³-hybridized carbons (Fsp3) is 0.278. The van der Waals surface area contributed by atoms with E-state index < -0.39 is 0 Å². The maximum absolute atomic E-state index is 12.4. The van der Waals surface area contributed by atoms with E-state index in [2.05, 4.69) is 11.4 Å². The summed E-state index contributed by atoms with van der Waals surface area (Å²) in [6.07, 6.45) is 0.932. The van der Waals surface area contributed by atoms with Crippen LogP contribution in [0.3, 0.4) is 0 Å². The molecule has 2 aromatic rings. The van der Waals surface area contributed by atoms with Crippen LogP contribution in [-0.4, -0.2) is 25.6 Å². The van der Waals surface area contributed by atoms with E-state index >= 15 is 0 Å². The van der Waals surface area contributed by atoms with Crippen molar-refractivity contribution in [3.05, 3.63) is 54.1 Å². The number of hydrogen-bond acceptors (Lipinski definition) is 3. The van der Waals surface area contributed by atoms with Crippen LogP contribution in [0.2, 0.25) is 0 Å². The number of benzene rings is 2. The Morgan fingerprint density at radius 3 is 2.95 bits per heavy atom. The molecule has 1 amide bonds. The molecule has 0 aliphatic carbocycles. The van der Waals surface area contributed by atoms with Crippen molar-refractivity contribution in [2.24, 2.45) is 0 Å². The fourth-order valence-electron chi connectivity index (χ4n) is 2.73. The Balaban J connectivity index is 1.62. The lowest BCUT2D eigenvalue weighted by atomic mass is 10.2. The van der Waals surface area contributed by atoms with Gasteiger partial charge >= 0.3 is 0 Å². The van der Waals surface area contributed by atoms with Crippen molar-refractivity contribution < 1.29 is 9.53 Å². The first-order valence-electron chi connectivity index (χ1n) is 7.63. The number of anilines is 2. The molecule has 1 aliphatic heterocycles. The average molecular weight is 296 g/mol. The van der Waals surface area contributed by atoms with Gasteiger partial charge in [0.2, 0.25) is 5.91 Å². The van der Waals surface area contributed by atoms with E-state index in [1.807, 2.05) is 54.3 Å². The molecular weight excluding hydrogens is 276 g/mol. The summed E-state index contributed by atoms with van der Waals surface area (Å²) in [5.41, 5.74) is 3.18. The number of carbonyl (C=O) groups is 1. The summed E-state index contributed by atoms with van der Waals surface area (Å²) in [5, 5.41) is 3.18. The molecule has 0 radical (unpaired) electrons. The molecule has 22 heavy (non-hydrogen) atoms. The number of rotatable bonds is 5. The quantitative estimate of drug-likeness (QED) is 0.922. The topological polar surface area (TPSA) is 41.6 Å². The average Bonchev–Trinajstić information content (AvgIpc) is 2.97. The number of carbonyl (C=O) groups excluding carboxylic acids is 1. The lowest BCUT2D eigenvalue weighted by Crippen LogP contribution is -2.34. The number of nitrogens with one attached hydrogen (secondary N) is 1. The number of amides is 1. The van der Waals surface area contributed by atoms with Crippen molar-refractivity contribution in [3.63, 3.8) is 0 Å². The second-order valence-corrected chi connectivity index (χ2v) is 5.24. The van der Waals surface area contributed by atoms with Crippen LogP contribution in [0.4, 0.5) is 11.4 Å². The first-order chi connectivity index (χ1) is 10.8. The summed E-state index contributed by atoms with van der Waals surface area (Å²) < 4.78 is 5.46. The van der Waals surface area contributed by atoms with Crippen LogP contribution in [0.15, 0.2) is 48.5 Å². The van der Waals surface area contributed by atoms with Crippen molar-refractivity contribution >= 4 is 17.3 Å². The molecule has 0 fully saturated rings. The molecule has 114 valence electrons. The minimum absolute atomic E-state index is 0.0896. The molecule has 0 saturated carbocycles. The molecule has 2 aromatic carbocycles. The van der Waals surface area contributed by atoms with E-state index in [9.17, 15) is 4.79 Å².